The minimum absolute atomic E-state index is 0. The molecular formula is C18H24F2IN5. The summed E-state index contributed by atoms with van der Waals surface area (Å²) >= 11 is 0. The van der Waals surface area contributed by atoms with Crippen LogP contribution >= 0.6 is 24.0 Å². The standard InChI is InChI=1S/C18H23F2N5.HI/c1-4-21-18(24-12-14-10-15(19)5-6-16(14)20)23-11-13-7-8-22-17(9-13)25(2)3;/h5-10H,4,11-12H2,1-3H3,(H2,21,23,24);1H. The molecule has 0 saturated carbocycles. The fraction of sp³-hybridized carbons (Fsp3) is 0.333. The molecule has 0 fully saturated rings. The van der Waals surface area contributed by atoms with Crippen molar-refractivity contribution in [2.45, 2.75) is 20.0 Å². The molecule has 2 rings (SSSR count). The summed E-state index contributed by atoms with van der Waals surface area (Å²) in [5.41, 5.74) is 1.26. The van der Waals surface area contributed by atoms with Crippen molar-refractivity contribution in [2.24, 2.45) is 4.99 Å². The lowest BCUT2D eigenvalue weighted by atomic mass is 10.2. The van der Waals surface area contributed by atoms with Gasteiger partial charge in [0.1, 0.15) is 17.5 Å². The van der Waals surface area contributed by atoms with Gasteiger partial charge in [0.15, 0.2) is 5.96 Å². The Hall–Kier alpha value is -1.97. The van der Waals surface area contributed by atoms with Gasteiger partial charge in [-0.3, -0.25) is 0 Å². The summed E-state index contributed by atoms with van der Waals surface area (Å²) in [5.74, 6) is 0.476. The molecule has 0 amide bonds. The van der Waals surface area contributed by atoms with Crippen LogP contribution in [0.25, 0.3) is 0 Å². The zero-order valence-electron chi connectivity index (χ0n) is 15.1. The van der Waals surface area contributed by atoms with Gasteiger partial charge in [0.05, 0.1) is 6.54 Å². The van der Waals surface area contributed by atoms with Crippen LogP contribution in [-0.4, -0.2) is 31.6 Å². The molecule has 0 aliphatic heterocycles. The Labute approximate surface area is 169 Å². The average molecular weight is 475 g/mol. The number of anilines is 1. The summed E-state index contributed by atoms with van der Waals surface area (Å²) in [6.07, 6.45) is 1.74. The molecule has 0 bridgehead atoms. The first-order chi connectivity index (χ1) is 12.0. The van der Waals surface area contributed by atoms with E-state index in [4.69, 9.17) is 0 Å². The number of hydrogen-bond acceptors (Lipinski definition) is 3. The molecule has 142 valence electrons. The predicted molar refractivity (Wildman–Crippen MR) is 112 cm³/mol. The van der Waals surface area contributed by atoms with Crippen LogP contribution in [0.15, 0.2) is 41.5 Å². The summed E-state index contributed by atoms with van der Waals surface area (Å²) in [6, 6.07) is 7.25. The Balaban J connectivity index is 0.00000338. The Morgan fingerprint density at radius 3 is 2.62 bits per heavy atom. The number of aromatic nitrogens is 1. The van der Waals surface area contributed by atoms with Gasteiger partial charge >= 0.3 is 0 Å². The zero-order chi connectivity index (χ0) is 18.2. The first-order valence-electron chi connectivity index (χ1n) is 8.08. The smallest absolute Gasteiger partial charge is 0.191 e. The molecule has 2 aromatic rings. The Morgan fingerprint density at radius 1 is 1.15 bits per heavy atom. The molecular weight excluding hydrogens is 451 g/mol. The van der Waals surface area contributed by atoms with Gasteiger partial charge in [-0.2, -0.15) is 0 Å². The average Bonchev–Trinajstić information content (AvgIpc) is 2.60. The molecule has 0 spiro atoms. The maximum absolute atomic E-state index is 13.7. The van der Waals surface area contributed by atoms with Gasteiger partial charge in [0.2, 0.25) is 0 Å². The number of rotatable bonds is 6. The number of pyridine rings is 1. The third kappa shape index (κ3) is 6.74. The molecule has 1 aromatic heterocycles. The molecule has 0 saturated heterocycles. The van der Waals surface area contributed by atoms with E-state index in [1.54, 1.807) is 6.20 Å². The van der Waals surface area contributed by atoms with Crippen LogP contribution in [0, 0.1) is 11.6 Å². The molecule has 5 nitrogen and oxygen atoms in total. The number of benzene rings is 1. The van der Waals surface area contributed by atoms with Gasteiger partial charge in [-0.05, 0) is 42.8 Å². The molecule has 1 aromatic carbocycles. The van der Waals surface area contributed by atoms with Gasteiger partial charge in [-0.1, -0.05) is 0 Å². The van der Waals surface area contributed by atoms with E-state index in [1.165, 1.54) is 6.07 Å². The minimum Gasteiger partial charge on any atom is -0.363 e. The van der Waals surface area contributed by atoms with Crippen LogP contribution < -0.4 is 15.5 Å². The quantitative estimate of drug-likeness (QED) is 0.383. The number of nitrogens with zero attached hydrogens (tertiary/aromatic N) is 3. The molecule has 0 unspecified atom stereocenters. The molecule has 0 atom stereocenters. The highest BCUT2D eigenvalue weighted by Crippen LogP contribution is 2.11. The normalized spacial score (nSPS) is 10.9. The number of nitrogens with one attached hydrogen (secondary N) is 2. The van der Waals surface area contributed by atoms with Crippen LogP contribution in [0.2, 0.25) is 0 Å². The fourth-order valence-corrected chi connectivity index (χ4v) is 2.17. The van der Waals surface area contributed by atoms with E-state index in [9.17, 15) is 8.78 Å². The van der Waals surface area contributed by atoms with Crippen molar-refractivity contribution < 1.29 is 8.78 Å². The highest BCUT2D eigenvalue weighted by atomic mass is 127. The van der Waals surface area contributed by atoms with Crippen molar-refractivity contribution in [3.8, 4) is 0 Å². The van der Waals surface area contributed by atoms with E-state index in [0.29, 0.717) is 19.0 Å². The lowest BCUT2D eigenvalue weighted by molar-refractivity contribution is 0.581. The third-order valence-electron chi connectivity index (χ3n) is 3.49. The fourth-order valence-electron chi connectivity index (χ4n) is 2.17. The second-order valence-corrected chi connectivity index (χ2v) is 5.70. The molecule has 2 N–H and O–H groups in total. The predicted octanol–water partition coefficient (Wildman–Crippen LogP) is 3.30. The lowest BCUT2D eigenvalue weighted by Crippen LogP contribution is -2.37. The van der Waals surface area contributed by atoms with Gasteiger partial charge < -0.3 is 15.5 Å². The largest absolute Gasteiger partial charge is 0.363 e. The van der Waals surface area contributed by atoms with Crippen LogP contribution in [0.3, 0.4) is 0 Å². The molecule has 0 aliphatic rings. The van der Waals surface area contributed by atoms with Crippen molar-refractivity contribution in [3.05, 3.63) is 59.3 Å². The van der Waals surface area contributed by atoms with Crippen molar-refractivity contribution in [1.82, 2.24) is 15.6 Å². The zero-order valence-corrected chi connectivity index (χ0v) is 17.4. The van der Waals surface area contributed by atoms with Gasteiger partial charge in [0, 0.05) is 38.9 Å². The first kappa shape index (κ1) is 22.1. The van der Waals surface area contributed by atoms with Gasteiger partial charge in [0.25, 0.3) is 0 Å². The van der Waals surface area contributed by atoms with Crippen LogP contribution in [0.1, 0.15) is 18.1 Å². The maximum atomic E-state index is 13.7. The molecule has 8 heteroatoms. The second-order valence-electron chi connectivity index (χ2n) is 5.70. The van der Waals surface area contributed by atoms with E-state index in [0.717, 1.165) is 23.5 Å². The van der Waals surface area contributed by atoms with E-state index in [2.05, 4.69) is 20.6 Å². The number of halogens is 3. The SMILES string of the molecule is CCNC(=NCc1ccnc(N(C)C)c1)NCc1cc(F)ccc1F.I. The van der Waals surface area contributed by atoms with E-state index >= 15 is 0 Å². The summed E-state index contributed by atoms with van der Waals surface area (Å²) < 4.78 is 26.9. The van der Waals surface area contributed by atoms with Crippen molar-refractivity contribution in [1.29, 1.82) is 0 Å². The molecule has 0 radical (unpaired) electrons. The summed E-state index contributed by atoms with van der Waals surface area (Å²) in [7, 11) is 3.85. The number of guanidine groups is 1. The van der Waals surface area contributed by atoms with Crippen molar-refractivity contribution in [2.75, 3.05) is 25.5 Å². The minimum atomic E-state index is -0.465. The van der Waals surface area contributed by atoms with Gasteiger partial charge in [-0.15, -0.1) is 24.0 Å². The molecule has 26 heavy (non-hydrogen) atoms. The maximum Gasteiger partial charge on any atom is 0.191 e. The lowest BCUT2D eigenvalue weighted by Gasteiger charge is -2.13. The Kier molecular flexibility index (Phi) is 9.25. The van der Waals surface area contributed by atoms with Crippen molar-refractivity contribution >= 4 is 35.8 Å². The monoisotopic (exact) mass is 475 g/mol. The highest BCUT2D eigenvalue weighted by Gasteiger charge is 2.05. The van der Waals surface area contributed by atoms with Crippen LogP contribution in [0.5, 0.6) is 0 Å². The molecule has 0 aliphatic carbocycles. The summed E-state index contributed by atoms with van der Waals surface area (Å²) in [6.45, 7) is 3.20. The third-order valence-corrected chi connectivity index (χ3v) is 3.49. The van der Waals surface area contributed by atoms with Gasteiger partial charge in [-0.25, -0.2) is 18.8 Å². The number of hydrogen-bond donors (Lipinski definition) is 2. The van der Waals surface area contributed by atoms with Crippen molar-refractivity contribution in [3.63, 3.8) is 0 Å². The molecule has 1 heterocycles. The highest BCUT2D eigenvalue weighted by molar-refractivity contribution is 14.0. The summed E-state index contributed by atoms with van der Waals surface area (Å²) in [4.78, 5) is 10.7. The van der Waals surface area contributed by atoms with E-state index in [1.807, 2.05) is 38.1 Å². The number of aliphatic imine (C=N–C) groups is 1. The van der Waals surface area contributed by atoms with Crippen LogP contribution in [0.4, 0.5) is 14.6 Å². The summed E-state index contributed by atoms with van der Waals surface area (Å²) in [5, 5.41) is 6.11. The topological polar surface area (TPSA) is 52.6 Å². The first-order valence-corrected chi connectivity index (χ1v) is 8.08. The van der Waals surface area contributed by atoms with Crippen LogP contribution in [-0.2, 0) is 13.1 Å². The van der Waals surface area contributed by atoms with E-state index in [-0.39, 0.29) is 36.1 Å². The Morgan fingerprint density at radius 2 is 1.92 bits per heavy atom. The van der Waals surface area contributed by atoms with E-state index < -0.39 is 11.6 Å². The second kappa shape index (κ2) is 10.9. The Bertz CT molecular complexity index is 737.